The predicted octanol–water partition coefficient (Wildman–Crippen LogP) is 3.44. The molecule has 4 saturated heterocycles. The van der Waals surface area contributed by atoms with Crippen molar-refractivity contribution in [2.45, 2.75) is 68.9 Å². The molecule has 5 atom stereocenters. The van der Waals surface area contributed by atoms with Gasteiger partial charge in [0.1, 0.15) is 23.6 Å². The summed E-state index contributed by atoms with van der Waals surface area (Å²) in [5.74, 6) is 0.144. The van der Waals surface area contributed by atoms with Crippen molar-refractivity contribution in [2.75, 3.05) is 37.7 Å². The molecule has 8 rings (SSSR count). The van der Waals surface area contributed by atoms with Crippen molar-refractivity contribution in [2.24, 2.45) is 0 Å². The summed E-state index contributed by atoms with van der Waals surface area (Å²) in [7, 11) is 0. The number of ether oxygens (including phenoxy) is 1. The Kier molecular flexibility index (Phi) is 6.52. The third-order valence-corrected chi connectivity index (χ3v) is 10.0. The number of benzene rings is 2. The maximum atomic E-state index is 16.8. The van der Waals surface area contributed by atoms with Crippen LogP contribution in [-0.2, 0) is 6.42 Å². The summed E-state index contributed by atoms with van der Waals surface area (Å²) in [6, 6.07) is 12.9. The highest BCUT2D eigenvalue weighted by molar-refractivity contribution is 6.00. The number of halogens is 1. The number of aromatic nitrogens is 3. The van der Waals surface area contributed by atoms with Crippen molar-refractivity contribution in [3.8, 4) is 17.3 Å². The number of anilines is 1. The maximum Gasteiger partial charge on any atom is 0.319 e. The summed E-state index contributed by atoms with van der Waals surface area (Å²) in [6.45, 7) is 4.86. The maximum absolute atomic E-state index is 16.8. The van der Waals surface area contributed by atoms with Crippen molar-refractivity contribution in [1.82, 2.24) is 25.2 Å². The van der Waals surface area contributed by atoms with Crippen LogP contribution in [0.3, 0.4) is 0 Å². The average molecular weight is 585 g/mol. The van der Waals surface area contributed by atoms with Gasteiger partial charge >= 0.3 is 6.01 Å². The first-order valence-corrected chi connectivity index (χ1v) is 15.5. The molecule has 224 valence electrons. The van der Waals surface area contributed by atoms with Crippen LogP contribution in [0.25, 0.3) is 32.9 Å². The summed E-state index contributed by atoms with van der Waals surface area (Å²) in [5, 5.41) is 27.1. The molecular weight excluding hydrogens is 547 g/mol. The van der Waals surface area contributed by atoms with E-state index >= 15 is 4.39 Å². The van der Waals surface area contributed by atoms with Crippen LogP contribution in [0, 0.1) is 5.82 Å². The second kappa shape index (κ2) is 10.3. The second-order valence-electron chi connectivity index (χ2n) is 12.9. The number of pyridine rings is 1. The quantitative estimate of drug-likeness (QED) is 0.314. The molecule has 0 aliphatic carbocycles. The highest BCUT2D eigenvalue weighted by atomic mass is 19.1. The number of β-amino-alcohol motifs (C(OH)–C–C–N with tert-alkyl or cyclic N) is 2. The van der Waals surface area contributed by atoms with E-state index in [0.717, 1.165) is 54.3 Å². The molecule has 0 saturated carbocycles. The molecule has 9 nitrogen and oxygen atoms in total. The molecule has 4 fully saturated rings. The van der Waals surface area contributed by atoms with E-state index in [1.165, 1.54) is 0 Å². The first kappa shape index (κ1) is 27.1. The van der Waals surface area contributed by atoms with Gasteiger partial charge in [0, 0.05) is 50.0 Å². The Hall–Kier alpha value is -3.44. The lowest BCUT2D eigenvalue weighted by Crippen LogP contribution is -2.51. The number of nitrogens with zero attached hydrogens (tertiary/aromatic N) is 5. The fraction of sp³-hybridized carbons (Fsp3) is 0.485. The van der Waals surface area contributed by atoms with E-state index in [4.69, 9.17) is 14.7 Å². The van der Waals surface area contributed by atoms with Crippen LogP contribution >= 0.6 is 0 Å². The van der Waals surface area contributed by atoms with Gasteiger partial charge in [0.2, 0.25) is 0 Å². The van der Waals surface area contributed by atoms with E-state index in [1.54, 1.807) is 6.20 Å². The molecule has 0 amide bonds. The Morgan fingerprint density at radius 2 is 1.72 bits per heavy atom. The van der Waals surface area contributed by atoms with Crippen LogP contribution in [0.5, 0.6) is 6.01 Å². The molecule has 1 unspecified atom stereocenters. The monoisotopic (exact) mass is 584 g/mol. The zero-order chi connectivity index (χ0) is 29.3. The number of fused-ring (bicyclic) bond motifs is 5. The summed E-state index contributed by atoms with van der Waals surface area (Å²) in [6.07, 6.45) is 4.82. The van der Waals surface area contributed by atoms with Crippen molar-refractivity contribution in [1.29, 1.82) is 0 Å². The van der Waals surface area contributed by atoms with Crippen molar-refractivity contribution >= 4 is 27.5 Å². The molecule has 2 aromatic heterocycles. The van der Waals surface area contributed by atoms with Gasteiger partial charge in [-0.25, -0.2) is 4.39 Å². The number of aryl methyl sites for hydroxylation is 1. The van der Waals surface area contributed by atoms with Gasteiger partial charge in [-0.15, -0.1) is 0 Å². The van der Waals surface area contributed by atoms with E-state index in [9.17, 15) is 10.2 Å². The first-order chi connectivity index (χ1) is 20.9. The summed E-state index contributed by atoms with van der Waals surface area (Å²) in [5.41, 5.74) is 1.84. The molecule has 3 N–H and O–H groups in total. The van der Waals surface area contributed by atoms with Crippen LogP contribution in [0.1, 0.15) is 38.2 Å². The fourth-order valence-corrected chi connectivity index (χ4v) is 8.12. The van der Waals surface area contributed by atoms with Crippen molar-refractivity contribution < 1.29 is 19.3 Å². The number of piperazine rings is 1. The number of hydrogen-bond acceptors (Lipinski definition) is 9. The predicted molar refractivity (Wildman–Crippen MR) is 163 cm³/mol. The molecule has 6 heterocycles. The van der Waals surface area contributed by atoms with Crippen LogP contribution in [0.4, 0.5) is 10.2 Å². The third-order valence-electron chi connectivity index (χ3n) is 10.0. The van der Waals surface area contributed by atoms with Gasteiger partial charge in [-0.3, -0.25) is 9.88 Å². The molecule has 4 aromatic rings. The van der Waals surface area contributed by atoms with E-state index in [1.807, 2.05) is 30.3 Å². The molecule has 4 aliphatic rings. The molecule has 2 aromatic carbocycles. The lowest BCUT2D eigenvalue weighted by molar-refractivity contribution is 0.105. The normalized spacial score (nSPS) is 28.7. The number of nitrogens with one attached hydrogen (secondary N) is 1. The van der Waals surface area contributed by atoms with E-state index in [0.29, 0.717) is 49.2 Å². The van der Waals surface area contributed by atoms with Gasteiger partial charge in [-0.2, -0.15) is 9.97 Å². The van der Waals surface area contributed by atoms with Crippen LogP contribution in [0.15, 0.2) is 42.6 Å². The number of hydrogen-bond donors (Lipinski definition) is 3. The van der Waals surface area contributed by atoms with Crippen LogP contribution in [0.2, 0.25) is 0 Å². The lowest BCUT2D eigenvalue weighted by atomic mass is 9.93. The smallest absolute Gasteiger partial charge is 0.319 e. The zero-order valence-electron chi connectivity index (χ0n) is 24.3. The van der Waals surface area contributed by atoms with Gasteiger partial charge in [-0.05, 0) is 48.4 Å². The Balaban J connectivity index is 1.24. The topological polar surface area (TPSA) is 107 Å². The van der Waals surface area contributed by atoms with E-state index in [2.05, 4.69) is 33.1 Å². The van der Waals surface area contributed by atoms with Gasteiger partial charge in [-0.1, -0.05) is 43.3 Å². The lowest BCUT2D eigenvalue weighted by Gasteiger charge is -2.34. The average Bonchev–Trinajstić information content (AvgIpc) is 3.61. The van der Waals surface area contributed by atoms with Crippen LogP contribution in [-0.4, -0.2) is 92.7 Å². The Labute approximate surface area is 249 Å². The van der Waals surface area contributed by atoms with E-state index in [-0.39, 0.29) is 23.8 Å². The highest BCUT2D eigenvalue weighted by Gasteiger charge is 2.52. The van der Waals surface area contributed by atoms with Crippen molar-refractivity contribution in [3.63, 3.8) is 0 Å². The van der Waals surface area contributed by atoms with Gasteiger partial charge < -0.3 is 25.2 Å². The molecule has 10 heteroatoms. The minimum atomic E-state index is -0.493. The first-order valence-electron chi connectivity index (χ1n) is 15.5. The number of aliphatic hydroxyl groups is 2. The van der Waals surface area contributed by atoms with E-state index < -0.39 is 23.6 Å². The number of aliphatic hydroxyl groups excluding tert-OH is 2. The van der Waals surface area contributed by atoms with Gasteiger partial charge in [0.25, 0.3) is 0 Å². The SMILES string of the molecule is CCc1cccc2cccc(-c3ncc4c(N5C[C@H]6CC[C@@H](C5)N6)nc(OCC56C[C@H](O)CN5C[C@H](O)C6)nc4c3F)c12. The number of rotatable bonds is 6. The minimum absolute atomic E-state index is 0.105. The Morgan fingerprint density at radius 3 is 2.44 bits per heavy atom. The van der Waals surface area contributed by atoms with Gasteiger partial charge in [0.15, 0.2) is 5.82 Å². The zero-order valence-corrected chi connectivity index (χ0v) is 24.3. The molecule has 2 bridgehead atoms. The Morgan fingerprint density at radius 1 is 1.00 bits per heavy atom. The molecule has 4 aliphatic heterocycles. The second-order valence-corrected chi connectivity index (χ2v) is 12.9. The van der Waals surface area contributed by atoms with Crippen molar-refractivity contribution in [3.05, 3.63) is 54.0 Å². The highest BCUT2D eigenvalue weighted by Crippen LogP contribution is 2.41. The molecule has 43 heavy (non-hydrogen) atoms. The fourth-order valence-electron chi connectivity index (χ4n) is 8.12. The molecule has 0 radical (unpaired) electrons. The Bertz CT molecular complexity index is 1690. The molecule has 0 spiro atoms. The van der Waals surface area contributed by atoms with Crippen LogP contribution < -0.4 is 15.0 Å². The summed E-state index contributed by atoms with van der Waals surface area (Å²) < 4.78 is 23.0. The third kappa shape index (κ3) is 4.54. The summed E-state index contributed by atoms with van der Waals surface area (Å²) in [4.78, 5) is 18.6. The minimum Gasteiger partial charge on any atom is -0.461 e. The molecular formula is C33H37FN6O3. The summed E-state index contributed by atoms with van der Waals surface area (Å²) >= 11 is 0. The largest absolute Gasteiger partial charge is 0.461 e. The standard InChI is InChI=1S/C33H37FN6O3/c1-2-19-5-3-6-20-7-4-8-25(27(19)20)29-28(34)30-26(13-35-29)31(39-14-21-9-10-22(15-39)36-21)38-32(37-30)43-18-33-11-23(41)16-40(33)17-24(42)12-33/h3-8,13,21-24,36,41-42H,2,9-12,14-18H2,1H3/t21-,22+,23-,24+,33?. The van der Waals surface area contributed by atoms with Gasteiger partial charge in [0.05, 0.1) is 23.1 Å².